The van der Waals surface area contributed by atoms with Gasteiger partial charge in [0.1, 0.15) is 5.60 Å². The fourth-order valence-corrected chi connectivity index (χ4v) is 1.12. The first-order chi connectivity index (χ1) is 4.46. The number of aliphatic hydroxyl groups is 2. The van der Waals surface area contributed by atoms with Crippen LogP contribution in [0.2, 0.25) is 0 Å². The van der Waals surface area contributed by atoms with Crippen LogP contribution in [0.25, 0.3) is 0 Å². The van der Waals surface area contributed by atoms with Crippen LogP contribution in [0.5, 0.6) is 0 Å². The highest BCUT2D eigenvalue weighted by Crippen LogP contribution is 2.26. The first-order valence-corrected chi connectivity index (χ1v) is 3.61. The zero-order valence-corrected chi connectivity index (χ0v) is 6.52. The molecule has 60 valence electrons. The SMILES string of the molecule is C[C@]1(O)CNCC[C@@]1(C)O. The molecule has 0 saturated carbocycles. The second-order valence-corrected chi connectivity index (χ2v) is 3.47. The Hall–Kier alpha value is -0.120. The standard InChI is InChI=1S/C7H15NO2/c1-6(9)3-4-8-5-7(6,2)10/h8-10H,3-5H2,1-2H3/t6-,7+/m1/s1. The molecule has 0 aromatic heterocycles. The van der Waals surface area contributed by atoms with Crippen molar-refractivity contribution >= 4 is 0 Å². The monoisotopic (exact) mass is 145 g/mol. The second kappa shape index (κ2) is 2.19. The van der Waals surface area contributed by atoms with Crippen LogP contribution >= 0.6 is 0 Å². The van der Waals surface area contributed by atoms with Gasteiger partial charge < -0.3 is 15.5 Å². The predicted molar refractivity (Wildman–Crippen MR) is 38.7 cm³/mol. The molecule has 1 aliphatic rings. The van der Waals surface area contributed by atoms with Gasteiger partial charge in [-0.25, -0.2) is 0 Å². The molecule has 1 fully saturated rings. The molecular weight excluding hydrogens is 130 g/mol. The molecule has 0 bridgehead atoms. The van der Waals surface area contributed by atoms with Gasteiger partial charge in [0.15, 0.2) is 0 Å². The highest BCUT2D eigenvalue weighted by atomic mass is 16.4. The van der Waals surface area contributed by atoms with Crippen LogP contribution in [0.1, 0.15) is 20.3 Å². The van der Waals surface area contributed by atoms with E-state index in [-0.39, 0.29) is 0 Å². The van der Waals surface area contributed by atoms with E-state index in [1.807, 2.05) is 0 Å². The smallest absolute Gasteiger partial charge is 0.103 e. The molecule has 0 spiro atoms. The molecule has 10 heavy (non-hydrogen) atoms. The van der Waals surface area contributed by atoms with Gasteiger partial charge >= 0.3 is 0 Å². The van der Waals surface area contributed by atoms with E-state index in [2.05, 4.69) is 5.32 Å². The maximum atomic E-state index is 9.61. The largest absolute Gasteiger partial charge is 0.387 e. The zero-order chi connectivity index (χ0) is 7.83. The van der Waals surface area contributed by atoms with Crippen LogP contribution in [0.4, 0.5) is 0 Å². The molecule has 0 amide bonds. The van der Waals surface area contributed by atoms with Crippen molar-refractivity contribution in [1.82, 2.24) is 5.32 Å². The normalized spacial score (nSPS) is 49.2. The van der Waals surface area contributed by atoms with Gasteiger partial charge in [-0.2, -0.15) is 0 Å². The number of hydrogen-bond donors (Lipinski definition) is 3. The van der Waals surface area contributed by atoms with Gasteiger partial charge in [0.25, 0.3) is 0 Å². The number of nitrogens with one attached hydrogen (secondary N) is 1. The summed E-state index contributed by atoms with van der Waals surface area (Å²) in [5.74, 6) is 0. The van der Waals surface area contributed by atoms with E-state index in [0.717, 1.165) is 6.54 Å². The Bertz CT molecular complexity index is 116. The van der Waals surface area contributed by atoms with Gasteiger partial charge in [-0.1, -0.05) is 0 Å². The molecular formula is C7H15NO2. The second-order valence-electron chi connectivity index (χ2n) is 3.47. The third-order valence-corrected chi connectivity index (χ3v) is 2.42. The van der Waals surface area contributed by atoms with Crippen molar-refractivity contribution in [2.45, 2.75) is 31.5 Å². The van der Waals surface area contributed by atoms with Crippen molar-refractivity contribution in [3.05, 3.63) is 0 Å². The summed E-state index contributed by atoms with van der Waals surface area (Å²) in [7, 11) is 0. The lowest BCUT2D eigenvalue weighted by molar-refractivity contribution is -0.144. The van der Waals surface area contributed by atoms with Gasteiger partial charge in [0.05, 0.1) is 5.60 Å². The van der Waals surface area contributed by atoms with Crippen LogP contribution in [-0.2, 0) is 0 Å². The number of rotatable bonds is 0. The zero-order valence-electron chi connectivity index (χ0n) is 6.52. The molecule has 0 aliphatic carbocycles. The molecule has 1 aliphatic heterocycles. The molecule has 3 nitrogen and oxygen atoms in total. The summed E-state index contributed by atoms with van der Waals surface area (Å²) >= 11 is 0. The van der Waals surface area contributed by atoms with Gasteiger partial charge in [-0.05, 0) is 26.8 Å². The van der Waals surface area contributed by atoms with Gasteiger partial charge in [-0.15, -0.1) is 0 Å². The van der Waals surface area contributed by atoms with E-state index in [9.17, 15) is 10.2 Å². The Kier molecular flexibility index (Phi) is 1.75. The predicted octanol–water partition coefficient (Wildman–Crippen LogP) is -0.518. The Morgan fingerprint density at radius 2 is 1.80 bits per heavy atom. The van der Waals surface area contributed by atoms with Crippen molar-refractivity contribution in [3.8, 4) is 0 Å². The minimum Gasteiger partial charge on any atom is -0.387 e. The highest BCUT2D eigenvalue weighted by molar-refractivity contribution is 4.98. The molecule has 0 radical (unpaired) electrons. The summed E-state index contributed by atoms with van der Waals surface area (Å²) in [4.78, 5) is 0. The van der Waals surface area contributed by atoms with E-state index in [1.165, 1.54) is 0 Å². The summed E-state index contributed by atoms with van der Waals surface area (Å²) in [5.41, 5.74) is -1.91. The van der Waals surface area contributed by atoms with Crippen LogP contribution in [0.15, 0.2) is 0 Å². The van der Waals surface area contributed by atoms with Crippen LogP contribution in [-0.4, -0.2) is 34.5 Å². The van der Waals surface area contributed by atoms with Gasteiger partial charge in [-0.3, -0.25) is 0 Å². The average molecular weight is 145 g/mol. The summed E-state index contributed by atoms with van der Waals surface area (Å²) in [6.07, 6.45) is 0.611. The molecule has 0 aromatic carbocycles. The summed E-state index contributed by atoms with van der Waals surface area (Å²) in [6, 6.07) is 0. The lowest BCUT2D eigenvalue weighted by atomic mass is 9.81. The van der Waals surface area contributed by atoms with E-state index in [0.29, 0.717) is 13.0 Å². The minimum atomic E-state index is -0.981. The third-order valence-electron chi connectivity index (χ3n) is 2.42. The minimum absolute atomic E-state index is 0.472. The van der Waals surface area contributed by atoms with Gasteiger partial charge in [0, 0.05) is 6.54 Å². The Balaban J connectivity index is 2.70. The fraction of sp³-hybridized carbons (Fsp3) is 1.00. The van der Waals surface area contributed by atoms with Crippen molar-refractivity contribution in [1.29, 1.82) is 0 Å². The Labute approximate surface area is 61.1 Å². The van der Waals surface area contributed by atoms with Crippen molar-refractivity contribution in [3.63, 3.8) is 0 Å². The van der Waals surface area contributed by atoms with Crippen molar-refractivity contribution < 1.29 is 10.2 Å². The Morgan fingerprint density at radius 3 is 2.10 bits per heavy atom. The Morgan fingerprint density at radius 1 is 1.20 bits per heavy atom. The van der Waals surface area contributed by atoms with Crippen LogP contribution in [0, 0.1) is 0 Å². The maximum Gasteiger partial charge on any atom is 0.103 e. The molecule has 0 unspecified atom stereocenters. The van der Waals surface area contributed by atoms with Gasteiger partial charge in [0.2, 0.25) is 0 Å². The average Bonchev–Trinajstić information content (AvgIpc) is 1.77. The van der Waals surface area contributed by atoms with E-state index >= 15 is 0 Å². The lowest BCUT2D eigenvalue weighted by Crippen LogP contribution is -2.60. The van der Waals surface area contributed by atoms with E-state index < -0.39 is 11.2 Å². The first-order valence-electron chi connectivity index (χ1n) is 3.61. The summed E-state index contributed by atoms with van der Waals surface area (Å²) < 4.78 is 0. The number of β-amino-alcohol motifs (C(OH)–C–C–N with tert-alkyl or cyclic N) is 1. The molecule has 2 atom stereocenters. The maximum absolute atomic E-state index is 9.61. The summed E-state index contributed by atoms with van der Waals surface area (Å²) in [5, 5.41) is 22.2. The lowest BCUT2D eigenvalue weighted by Gasteiger charge is -2.42. The highest BCUT2D eigenvalue weighted by Gasteiger charge is 2.43. The fourth-order valence-electron chi connectivity index (χ4n) is 1.12. The molecule has 1 heterocycles. The molecule has 1 saturated heterocycles. The molecule has 3 N–H and O–H groups in total. The quantitative estimate of drug-likeness (QED) is 0.430. The van der Waals surface area contributed by atoms with E-state index in [1.54, 1.807) is 13.8 Å². The number of hydrogen-bond acceptors (Lipinski definition) is 3. The third kappa shape index (κ3) is 1.17. The summed E-state index contributed by atoms with van der Waals surface area (Å²) in [6.45, 7) is 4.58. The van der Waals surface area contributed by atoms with Crippen molar-refractivity contribution in [2.75, 3.05) is 13.1 Å². The van der Waals surface area contributed by atoms with Crippen molar-refractivity contribution in [2.24, 2.45) is 0 Å². The van der Waals surface area contributed by atoms with Crippen LogP contribution < -0.4 is 5.32 Å². The van der Waals surface area contributed by atoms with Crippen LogP contribution in [0.3, 0.4) is 0 Å². The molecule has 1 rings (SSSR count). The first kappa shape index (κ1) is 7.98. The topological polar surface area (TPSA) is 52.5 Å². The number of piperidine rings is 1. The van der Waals surface area contributed by atoms with E-state index in [4.69, 9.17) is 0 Å². The molecule has 0 aromatic rings. The molecule has 3 heteroatoms.